The summed E-state index contributed by atoms with van der Waals surface area (Å²) < 4.78 is 2.67. The first kappa shape index (κ1) is 26.8. The van der Waals surface area contributed by atoms with Crippen LogP contribution in [0.1, 0.15) is 48.3 Å². The highest BCUT2D eigenvalue weighted by molar-refractivity contribution is 7.78. The smallest absolute Gasteiger partial charge is 0.257 e. The van der Waals surface area contributed by atoms with Gasteiger partial charge in [-0.15, -0.1) is 0 Å². The van der Waals surface area contributed by atoms with Crippen LogP contribution in [0.3, 0.4) is 0 Å². The lowest BCUT2D eigenvalue weighted by molar-refractivity contribution is 0.0782. The van der Waals surface area contributed by atoms with Gasteiger partial charge in [-0.05, 0) is 28.7 Å². The van der Waals surface area contributed by atoms with Gasteiger partial charge in [0.2, 0.25) is 0 Å². The minimum absolute atomic E-state index is 0.131. The number of carbonyl (C=O) groups excluding carboxylic acids is 1. The highest BCUT2D eigenvalue weighted by Gasteiger charge is 2.27. The van der Waals surface area contributed by atoms with Gasteiger partial charge in [-0.1, -0.05) is 100 Å². The molecule has 0 spiro atoms. The second-order valence-corrected chi connectivity index (χ2v) is 9.81. The number of hydrogen-bond donors (Lipinski definition) is 4. The van der Waals surface area contributed by atoms with Gasteiger partial charge in [-0.2, -0.15) is 0 Å². The normalized spacial score (nSPS) is 13.2. The van der Waals surface area contributed by atoms with Crippen LogP contribution in [-0.4, -0.2) is 34.6 Å². The minimum Gasteiger partial charge on any atom is -0.505 e. The number of phenols is 1. The zero-order valence-corrected chi connectivity index (χ0v) is 21.9. The summed E-state index contributed by atoms with van der Waals surface area (Å²) in [5.41, 5.74) is 8.45. The topological polar surface area (TPSA) is 103 Å². The van der Waals surface area contributed by atoms with Gasteiger partial charge in [0.05, 0.1) is 11.6 Å². The molecule has 36 heavy (non-hydrogen) atoms. The van der Waals surface area contributed by atoms with E-state index in [1.165, 1.54) is 0 Å². The van der Waals surface area contributed by atoms with Crippen LogP contribution >= 0.6 is 12.8 Å². The van der Waals surface area contributed by atoms with Crippen LogP contribution in [0.2, 0.25) is 0 Å². The number of aliphatic imine (C=N–C) groups is 2. The third-order valence-corrected chi connectivity index (χ3v) is 5.85. The molecular weight excluding hydrogens is 470 g/mol. The Balaban J connectivity index is 1.92. The number of nitrogens with zero attached hydrogens (tertiary/aromatic N) is 3. The molecule has 188 valence electrons. The number of para-hydroxylation sites is 1. The van der Waals surface area contributed by atoms with Crippen molar-refractivity contribution in [1.82, 2.24) is 9.62 Å². The van der Waals surface area contributed by atoms with Crippen molar-refractivity contribution < 1.29 is 9.90 Å². The number of hydrogen-bond acceptors (Lipinski definition) is 5. The van der Waals surface area contributed by atoms with Crippen molar-refractivity contribution in [2.24, 2.45) is 21.1 Å². The van der Waals surface area contributed by atoms with Crippen molar-refractivity contribution in [3.8, 4) is 5.75 Å². The Morgan fingerprint density at radius 3 is 2.22 bits per heavy atom. The Labute approximate surface area is 218 Å². The fraction of sp³-hybridized carbons (Fsp3) is 0.250. The lowest BCUT2D eigenvalue weighted by Gasteiger charge is -2.28. The molecule has 0 fully saturated rings. The van der Waals surface area contributed by atoms with Crippen LogP contribution in [-0.2, 0) is 6.54 Å². The summed E-state index contributed by atoms with van der Waals surface area (Å²) in [6.07, 6.45) is 0. The fourth-order valence-electron chi connectivity index (χ4n) is 3.79. The van der Waals surface area contributed by atoms with E-state index in [2.05, 4.69) is 43.3 Å². The molecule has 1 amide bonds. The highest BCUT2D eigenvalue weighted by atomic mass is 32.1. The number of benzene rings is 3. The molecule has 4 N–H and O–H groups in total. The summed E-state index contributed by atoms with van der Waals surface area (Å²) in [5.74, 6) is -0.272. The quantitative estimate of drug-likeness (QED) is 0.209. The van der Waals surface area contributed by atoms with E-state index in [1.807, 2.05) is 60.7 Å². The molecule has 0 aromatic heterocycles. The maximum atomic E-state index is 13.1. The zero-order valence-electron chi connectivity index (χ0n) is 21.0. The number of phenolic OH excluding ortho intramolecular Hbond substituents is 1. The Morgan fingerprint density at radius 1 is 1.03 bits per heavy atom. The van der Waals surface area contributed by atoms with E-state index < -0.39 is 0 Å². The van der Waals surface area contributed by atoms with Crippen LogP contribution < -0.4 is 10.5 Å². The van der Waals surface area contributed by atoms with Crippen molar-refractivity contribution in [3.63, 3.8) is 0 Å². The molecule has 3 aromatic carbocycles. The van der Waals surface area contributed by atoms with Crippen LogP contribution in [0, 0.1) is 5.41 Å². The Kier molecular flexibility index (Phi) is 8.77. The summed E-state index contributed by atoms with van der Waals surface area (Å²) in [7, 11) is 1.69. The van der Waals surface area contributed by atoms with Crippen molar-refractivity contribution in [2.75, 3.05) is 7.05 Å². The first-order valence-electron chi connectivity index (χ1n) is 11.6. The zero-order chi connectivity index (χ0) is 26.3. The van der Waals surface area contributed by atoms with Gasteiger partial charge in [-0.3, -0.25) is 9.79 Å². The molecule has 0 bridgehead atoms. The molecule has 1 atom stereocenters. The largest absolute Gasteiger partial charge is 0.505 e. The molecule has 0 saturated heterocycles. The first-order valence-corrected chi connectivity index (χ1v) is 12.0. The van der Waals surface area contributed by atoms with Gasteiger partial charge in [0.1, 0.15) is 5.69 Å². The number of rotatable bonds is 6. The third-order valence-electron chi connectivity index (χ3n) is 5.64. The summed E-state index contributed by atoms with van der Waals surface area (Å²) in [4.78, 5) is 23.8. The third kappa shape index (κ3) is 6.66. The number of carbonyl (C=O) groups is 1. The summed E-state index contributed by atoms with van der Waals surface area (Å²) >= 11 is 4.16. The van der Waals surface area contributed by atoms with Crippen LogP contribution in [0.4, 0.5) is 5.69 Å². The highest BCUT2D eigenvalue weighted by Crippen LogP contribution is 2.36. The standard InChI is InChI=1S/C28H33N5O2S/c1-28(2,3)24(20-14-9-6-10-15-20)31-25(29)26(32-36)30-22-17-11-16-21(23(22)34)27(35)33(4)18-19-12-7-5-8-13-19/h5-17,24,34,36H,18H2,1-4H3,(H2,29,31)(H,30,32)/t24-/m0/s1. The number of nitrogens with two attached hydrogens (primary N) is 1. The van der Waals surface area contributed by atoms with Gasteiger partial charge in [0.15, 0.2) is 17.4 Å². The first-order chi connectivity index (χ1) is 17.1. The van der Waals surface area contributed by atoms with Crippen LogP contribution in [0.15, 0.2) is 88.8 Å². The molecule has 8 heteroatoms. The van der Waals surface area contributed by atoms with Crippen LogP contribution in [0.25, 0.3) is 0 Å². The van der Waals surface area contributed by atoms with E-state index in [-0.39, 0.29) is 46.0 Å². The minimum atomic E-state index is -0.327. The molecule has 0 radical (unpaired) electrons. The van der Waals surface area contributed by atoms with E-state index in [0.29, 0.717) is 6.54 Å². The Morgan fingerprint density at radius 2 is 1.64 bits per heavy atom. The van der Waals surface area contributed by atoms with Crippen molar-refractivity contribution in [3.05, 3.63) is 95.6 Å². The van der Waals surface area contributed by atoms with E-state index in [4.69, 9.17) is 10.7 Å². The van der Waals surface area contributed by atoms with Gasteiger partial charge in [0, 0.05) is 13.6 Å². The van der Waals surface area contributed by atoms with Gasteiger partial charge < -0.3 is 20.5 Å². The predicted octanol–water partition coefficient (Wildman–Crippen LogP) is 5.27. The second-order valence-electron chi connectivity index (χ2n) is 9.59. The van der Waals surface area contributed by atoms with Gasteiger partial charge in [0.25, 0.3) is 5.91 Å². The molecule has 0 heterocycles. The summed E-state index contributed by atoms with van der Waals surface area (Å²) in [6, 6.07) is 24.1. The Hall–Kier alpha value is -3.78. The van der Waals surface area contributed by atoms with Crippen LogP contribution in [0.5, 0.6) is 5.75 Å². The molecule has 0 aliphatic carbocycles. The maximum Gasteiger partial charge on any atom is 0.257 e. The maximum absolute atomic E-state index is 13.1. The number of aromatic hydroxyl groups is 1. The molecule has 0 saturated carbocycles. The van der Waals surface area contributed by atoms with E-state index in [1.54, 1.807) is 30.1 Å². The number of amides is 1. The fourth-order valence-corrected chi connectivity index (χ4v) is 3.96. The van der Waals surface area contributed by atoms with Gasteiger partial charge in [-0.25, -0.2) is 4.99 Å². The number of thiol groups is 1. The number of nitrogens with one attached hydrogen (secondary N) is 1. The molecule has 0 unspecified atom stereocenters. The molecular formula is C28H33N5O2S. The lowest BCUT2D eigenvalue weighted by atomic mass is 9.83. The Bertz CT molecular complexity index is 1240. The molecule has 0 aliphatic heterocycles. The average Bonchev–Trinajstić information content (AvgIpc) is 2.86. The summed E-state index contributed by atoms with van der Waals surface area (Å²) in [5, 5.41) is 10.9. The van der Waals surface area contributed by atoms with E-state index >= 15 is 0 Å². The molecule has 3 rings (SSSR count). The van der Waals surface area contributed by atoms with E-state index in [0.717, 1.165) is 11.1 Å². The lowest BCUT2D eigenvalue weighted by Crippen LogP contribution is -2.33. The van der Waals surface area contributed by atoms with Gasteiger partial charge >= 0.3 is 0 Å². The predicted molar refractivity (Wildman–Crippen MR) is 150 cm³/mol. The van der Waals surface area contributed by atoms with Crippen molar-refractivity contribution >= 4 is 36.1 Å². The monoisotopic (exact) mass is 503 g/mol. The van der Waals surface area contributed by atoms with Crippen molar-refractivity contribution in [2.45, 2.75) is 33.4 Å². The summed E-state index contributed by atoms with van der Waals surface area (Å²) in [6.45, 7) is 6.65. The van der Waals surface area contributed by atoms with E-state index in [9.17, 15) is 9.90 Å². The SMILES string of the molecule is CN(Cc1ccccc1)C(=O)c1cccc(N=C(NS)C(N)=N[C@@H](c2ccccc2)C(C)(C)C)c1O. The number of amidine groups is 2. The molecule has 0 aliphatic rings. The average molecular weight is 504 g/mol. The molecule has 3 aromatic rings. The van der Waals surface area contributed by atoms with Crippen molar-refractivity contribution in [1.29, 1.82) is 0 Å². The second kappa shape index (κ2) is 11.8. The molecule has 7 nitrogen and oxygen atoms in total.